The van der Waals surface area contributed by atoms with Gasteiger partial charge in [0.05, 0.1) is 11.9 Å². The molecule has 1 saturated heterocycles. The number of carbonyl (C=O) groups is 1. The molecular formula is C25H30N4O2S. The molecule has 2 aromatic carbocycles. The Morgan fingerprint density at radius 2 is 1.75 bits per heavy atom. The Labute approximate surface area is 194 Å². The Bertz CT molecular complexity index is 1010. The van der Waals surface area contributed by atoms with Gasteiger partial charge in [-0.15, -0.1) is 10.2 Å². The molecule has 0 saturated carbocycles. The molecule has 1 atom stereocenters. The van der Waals surface area contributed by atoms with E-state index in [0.29, 0.717) is 13.0 Å². The zero-order valence-corrected chi connectivity index (χ0v) is 19.6. The number of aromatic nitrogens is 3. The van der Waals surface area contributed by atoms with Crippen molar-refractivity contribution < 1.29 is 9.53 Å². The zero-order valence-electron chi connectivity index (χ0n) is 18.7. The van der Waals surface area contributed by atoms with Crippen LogP contribution in [0.1, 0.15) is 44.5 Å². The first-order chi connectivity index (χ1) is 15.7. The molecule has 1 aromatic heterocycles. The third-order valence-electron chi connectivity index (χ3n) is 5.61. The van der Waals surface area contributed by atoms with Crippen LogP contribution in [0.15, 0.2) is 59.8 Å². The van der Waals surface area contributed by atoms with Crippen LogP contribution in [0.3, 0.4) is 0 Å². The van der Waals surface area contributed by atoms with Gasteiger partial charge in [0, 0.05) is 25.2 Å². The second-order valence-corrected chi connectivity index (χ2v) is 9.28. The van der Waals surface area contributed by atoms with Crippen LogP contribution in [-0.4, -0.2) is 50.5 Å². The molecule has 0 radical (unpaired) electrons. The van der Waals surface area contributed by atoms with Crippen molar-refractivity contribution in [2.45, 2.75) is 49.9 Å². The summed E-state index contributed by atoms with van der Waals surface area (Å²) < 4.78 is 7.66. The number of rotatable bonds is 8. The molecule has 0 spiro atoms. The van der Waals surface area contributed by atoms with Gasteiger partial charge in [-0.2, -0.15) is 0 Å². The van der Waals surface area contributed by atoms with Gasteiger partial charge in [0.25, 0.3) is 0 Å². The van der Waals surface area contributed by atoms with Crippen LogP contribution in [0.25, 0.3) is 5.69 Å². The quantitative estimate of drug-likeness (QED) is 0.464. The molecule has 168 valence electrons. The second kappa shape index (κ2) is 10.7. The number of hydrogen-bond donors (Lipinski definition) is 0. The lowest BCUT2D eigenvalue weighted by Crippen LogP contribution is -2.40. The van der Waals surface area contributed by atoms with Gasteiger partial charge in [-0.3, -0.25) is 9.36 Å². The SMILES string of the molecule is CCOc1ccc(-n2c(Cc3ccccc3)nnc2SC(C)C(=O)N2CCCCC2)cc1. The minimum absolute atomic E-state index is 0.181. The summed E-state index contributed by atoms with van der Waals surface area (Å²) in [5.41, 5.74) is 2.13. The minimum Gasteiger partial charge on any atom is -0.494 e. The van der Waals surface area contributed by atoms with Crippen LogP contribution in [-0.2, 0) is 11.2 Å². The Hall–Kier alpha value is -2.80. The van der Waals surface area contributed by atoms with Crippen molar-refractivity contribution in [2.75, 3.05) is 19.7 Å². The maximum Gasteiger partial charge on any atom is 0.235 e. The molecule has 4 rings (SSSR count). The summed E-state index contributed by atoms with van der Waals surface area (Å²) in [6.07, 6.45) is 4.05. The predicted molar refractivity (Wildman–Crippen MR) is 128 cm³/mol. The van der Waals surface area contributed by atoms with Crippen molar-refractivity contribution in [3.05, 3.63) is 66.0 Å². The normalized spacial score (nSPS) is 14.9. The first-order valence-electron chi connectivity index (χ1n) is 11.3. The summed E-state index contributed by atoms with van der Waals surface area (Å²) in [6, 6.07) is 18.2. The van der Waals surface area contributed by atoms with Crippen molar-refractivity contribution in [3.63, 3.8) is 0 Å². The summed E-state index contributed by atoms with van der Waals surface area (Å²) in [4.78, 5) is 15.0. The molecule has 32 heavy (non-hydrogen) atoms. The van der Waals surface area contributed by atoms with E-state index in [2.05, 4.69) is 26.9 Å². The summed E-state index contributed by atoms with van der Waals surface area (Å²) in [5, 5.41) is 9.51. The van der Waals surface area contributed by atoms with E-state index in [1.54, 1.807) is 0 Å². The Morgan fingerprint density at radius 1 is 1.03 bits per heavy atom. The molecule has 6 nitrogen and oxygen atoms in total. The number of piperidine rings is 1. The molecule has 0 N–H and O–H groups in total. The molecule has 7 heteroatoms. The van der Waals surface area contributed by atoms with Gasteiger partial charge in [-0.05, 0) is 62.9 Å². The largest absolute Gasteiger partial charge is 0.494 e. The molecule has 0 bridgehead atoms. The minimum atomic E-state index is -0.219. The van der Waals surface area contributed by atoms with Gasteiger partial charge < -0.3 is 9.64 Å². The van der Waals surface area contributed by atoms with E-state index in [4.69, 9.17) is 4.74 Å². The standard InChI is InChI=1S/C25H30N4O2S/c1-3-31-22-14-12-21(13-15-22)29-23(18-20-10-6-4-7-11-20)26-27-25(29)32-19(2)24(30)28-16-8-5-9-17-28/h4,6-7,10-15,19H,3,5,8-9,16-18H2,1-2H3. The monoisotopic (exact) mass is 450 g/mol. The van der Waals surface area contributed by atoms with Crippen molar-refractivity contribution in [2.24, 2.45) is 0 Å². The smallest absolute Gasteiger partial charge is 0.235 e. The summed E-state index contributed by atoms with van der Waals surface area (Å²) in [6.45, 7) is 6.28. The van der Waals surface area contributed by atoms with E-state index in [9.17, 15) is 4.79 Å². The van der Waals surface area contributed by atoms with E-state index >= 15 is 0 Å². The topological polar surface area (TPSA) is 60.2 Å². The van der Waals surface area contributed by atoms with Crippen LogP contribution >= 0.6 is 11.8 Å². The van der Waals surface area contributed by atoms with E-state index < -0.39 is 0 Å². The fourth-order valence-electron chi connectivity index (χ4n) is 3.97. The third kappa shape index (κ3) is 5.33. The number of likely N-dealkylation sites (tertiary alicyclic amines) is 1. The molecule has 0 aliphatic carbocycles. The first kappa shape index (κ1) is 22.4. The van der Waals surface area contributed by atoms with Crippen LogP contribution in [0.5, 0.6) is 5.75 Å². The lowest BCUT2D eigenvalue weighted by molar-refractivity contribution is -0.131. The number of benzene rings is 2. The van der Waals surface area contributed by atoms with Crippen LogP contribution in [0.4, 0.5) is 0 Å². The molecule has 1 unspecified atom stereocenters. The highest BCUT2D eigenvalue weighted by Crippen LogP contribution is 2.29. The van der Waals surface area contributed by atoms with E-state index in [1.807, 2.05) is 61.2 Å². The van der Waals surface area contributed by atoms with Crippen molar-refractivity contribution in [1.82, 2.24) is 19.7 Å². The van der Waals surface area contributed by atoms with Gasteiger partial charge in [0.2, 0.25) is 5.91 Å². The fraction of sp³-hybridized carbons (Fsp3) is 0.400. The van der Waals surface area contributed by atoms with Crippen LogP contribution in [0.2, 0.25) is 0 Å². The zero-order chi connectivity index (χ0) is 22.3. The van der Waals surface area contributed by atoms with Gasteiger partial charge in [0.15, 0.2) is 5.16 Å². The molecule has 1 aliphatic rings. The lowest BCUT2D eigenvalue weighted by Gasteiger charge is -2.28. The van der Waals surface area contributed by atoms with E-state index in [1.165, 1.54) is 23.7 Å². The summed E-state index contributed by atoms with van der Waals surface area (Å²) in [5.74, 6) is 1.86. The fourth-order valence-corrected chi connectivity index (χ4v) is 4.94. The Morgan fingerprint density at radius 3 is 2.44 bits per heavy atom. The van der Waals surface area contributed by atoms with Crippen LogP contribution < -0.4 is 4.74 Å². The molecule has 1 aliphatic heterocycles. The highest BCUT2D eigenvalue weighted by molar-refractivity contribution is 8.00. The van der Waals surface area contributed by atoms with Gasteiger partial charge in [0.1, 0.15) is 11.6 Å². The third-order valence-corrected chi connectivity index (χ3v) is 6.64. The summed E-state index contributed by atoms with van der Waals surface area (Å²) in [7, 11) is 0. The van der Waals surface area contributed by atoms with E-state index in [0.717, 1.165) is 48.3 Å². The lowest BCUT2D eigenvalue weighted by atomic mass is 10.1. The maximum absolute atomic E-state index is 13.0. The number of thioether (sulfide) groups is 1. The predicted octanol–water partition coefficient (Wildman–Crippen LogP) is 4.75. The Kier molecular flexibility index (Phi) is 7.47. The second-order valence-electron chi connectivity index (χ2n) is 7.97. The summed E-state index contributed by atoms with van der Waals surface area (Å²) >= 11 is 1.48. The van der Waals surface area contributed by atoms with Gasteiger partial charge in [-0.1, -0.05) is 42.1 Å². The van der Waals surface area contributed by atoms with Crippen LogP contribution in [0, 0.1) is 0 Å². The number of hydrogen-bond acceptors (Lipinski definition) is 5. The van der Waals surface area contributed by atoms with Crippen molar-refractivity contribution in [1.29, 1.82) is 0 Å². The number of nitrogens with zero attached hydrogens (tertiary/aromatic N) is 4. The molecule has 1 amide bonds. The van der Waals surface area contributed by atoms with Gasteiger partial charge >= 0.3 is 0 Å². The molecule has 2 heterocycles. The van der Waals surface area contributed by atoms with Crippen molar-refractivity contribution in [3.8, 4) is 11.4 Å². The highest BCUT2D eigenvalue weighted by Gasteiger charge is 2.26. The Balaban J connectivity index is 1.61. The highest BCUT2D eigenvalue weighted by atomic mass is 32.2. The molecule has 3 aromatic rings. The average Bonchev–Trinajstić information content (AvgIpc) is 3.22. The molecule has 1 fully saturated rings. The number of carbonyl (C=O) groups excluding carboxylic acids is 1. The first-order valence-corrected chi connectivity index (χ1v) is 12.2. The van der Waals surface area contributed by atoms with E-state index in [-0.39, 0.29) is 11.2 Å². The number of ether oxygens (including phenoxy) is 1. The average molecular weight is 451 g/mol. The maximum atomic E-state index is 13.0. The number of amides is 1. The van der Waals surface area contributed by atoms with Gasteiger partial charge in [-0.25, -0.2) is 0 Å². The molecular weight excluding hydrogens is 420 g/mol. The van der Waals surface area contributed by atoms with Crippen molar-refractivity contribution >= 4 is 17.7 Å².